The topological polar surface area (TPSA) is 58.3 Å². The smallest absolute Gasteiger partial charge is 0.125 e. The van der Waals surface area contributed by atoms with Gasteiger partial charge < -0.3 is 16.2 Å². The molecule has 17 heavy (non-hydrogen) atoms. The van der Waals surface area contributed by atoms with Crippen molar-refractivity contribution < 1.29 is 9.50 Å². The summed E-state index contributed by atoms with van der Waals surface area (Å²) in [6, 6.07) is 4.29. The highest BCUT2D eigenvalue weighted by Gasteiger charge is 2.25. The Bertz CT molecular complexity index is 356. The van der Waals surface area contributed by atoms with Crippen molar-refractivity contribution in [1.29, 1.82) is 0 Å². The number of halogens is 1. The Morgan fingerprint density at radius 1 is 1.35 bits per heavy atom. The highest BCUT2D eigenvalue weighted by atomic mass is 19.1. The van der Waals surface area contributed by atoms with Crippen molar-refractivity contribution in [2.45, 2.75) is 26.7 Å². The van der Waals surface area contributed by atoms with Crippen molar-refractivity contribution in [1.82, 2.24) is 0 Å². The van der Waals surface area contributed by atoms with Gasteiger partial charge in [0.25, 0.3) is 0 Å². The van der Waals surface area contributed by atoms with Crippen molar-refractivity contribution >= 4 is 11.4 Å². The minimum atomic E-state index is -0.340. The molecule has 1 aromatic carbocycles. The average Bonchev–Trinajstić information content (AvgIpc) is 2.33. The van der Waals surface area contributed by atoms with E-state index in [9.17, 15) is 9.50 Å². The van der Waals surface area contributed by atoms with Crippen LogP contribution in [0, 0.1) is 11.2 Å². The maximum atomic E-state index is 12.9. The van der Waals surface area contributed by atoms with Crippen molar-refractivity contribution in [3.8, 4) is 0 Å². The lowest BCUT2D eigenvalue weighted by Gasteiger charge is -2.30. The molecule has 0 aliphatic rings. The molecule has 0 radical (unpaired) electrons. The zero-order chi connectivity index (χ0) is 12.9. The summed E-state index contributed by atoms with van der Waals surface area (Å²) in [5.41, 5.74) is 6.68. The van der Waals surface area contributed by atoms with Gasteiger partial charge in [0, 0.05) is 12.0 Å². The molecule has 0 heterocycles. The van der Waals surface area contributed by atoms with Crippen LogP contribution in [-0.2, 0) is 0 Å². The maximum absolute atomic E-state index is 12.9. The molecule has 0 spiro atoms. The third-order valence-electron chi connectivity index (χ3n) is 3.50. The predicted molar refractivity (Wildman–Crippen MR) is 69.4 cm³/mol. The van der Waals surface area contributed by atoms with Crippen LogP contribution in [0.5, 0.6) is 0 Å². The SMILES string of the molecule is CCC(CC)(CO)CNc1ccc(F)cc1N. The zero-order valence-electron chi connectivity index (χ0n) is 10.5. The molecule has 0 saturated carbocycles. The number of aliphatic hydroxyl groups excluding tert-OH is 1. The Labute approximate surface area is 102 Å². The molecule has 0 aliphatic carbocycles. The fourth-order valence-electron chi connectivity index (χ4n) is 1.76. The van der Waals surface area contributed by atoms with Gasteiger partial charge in [-0.15, -0.1) is 0 Å². The van der Waals surface area contributed by atoms with E-state index in [0.29, 0.717) is 17.9 Å². The highest BCUT2D eigenvalue weighted by Crippen LogP contribution is 2.27. The Morgan fingerprint density at radius 2 is 2.00 bits per heavy atom. The Hall–Kier alpha value is -1.29. The molecule has 3 nitrogen and oxygen atoms in total. The summed E-state index contributed by atoms with van der Waals surface area (Å²) in [4.78, 5) is 0. The number of rotatable bonds is 6. The van der Waals surface area contributed by atoms with Crippen LogP contribution in [0.25, 0.3) is 0 Å². The lowest BCUT2D eigenvalue weighted by Crippen LogP contribution is -2.32. The number of aliphatic hydroxyl groups is 1. The summed E-state index contributed by atoms with van der Waals surface area (Å²) in [5, 5.41) is 12.6. The molecule has 1 aromatic rings. The predicted octanol–water partition coefficient (Wildman–Crippen LogP) is 2.62. The first-order chi connectivity index (χ1) is 8.06. The first kappa shape index (κ1) is 13.8. The standard InChI is InChI=1S/C13H21FN2O/c1-3-13(4-2,9-17)8-16-12-6-5-10(14)7-11(12)15/h5-7,16-17H,3-4,8-9,15H2,1-2H3. The quantitative estimate of drug-likeness (QED) is 0.670. The van der Waals surface area contributed by atoms with Gasteiger partial charge in [0.1, 0.15) is 5.82 Å². The fraction of sp³-hybridized carbons (Fsp3) is 0.538. The normalized spacial score (nSPS) is 11.5. The molecule has 0 unspecified atom stereocenters. The lowest BCUT2D eigenvalue weighted by molar-refractivity contribution is 0.127. The number of hydrogen-bond donors (Lipinski definition) is 3. The summed E-state index contributed by atoms with van der Waals surface area (Å²) in [7, 11) is 0. The van der Waals surface area contributed by atoms with Gasteiger partial charge in [0.2, 0.25) is 0 Å². The van der Waals surface area contributed by atoms with Crippen LogP contribution < -0.4 is 11.1 Å². The van der Waals surface area contributed by atoms with Gasteiger partial charge in [-0.2, -0.15) is 0 Å². The van der Waals surface area contributed by atoms with Crippen LogP contribution >= 0.6 is 0 Å². The second kappa shape index (κ2) is 5.87. The molecule has 0 amide bonds. The summed E-state index contributed by atoms with van der Waals surface area (Å²) < 4.78 is 12.9. The molecule has 0 aromatic heterocycles. The highest BCUT2D eigenvalue weighted by molar-refractivity contribution is 5.65. The largest absolute Gasteiger partial charge is 0.397 e. The van der Waals surface area contributed by atoms with E-state index < -0.39 is 0 Å². The molecule has 4 heteroatoms. The van der Waals surface area contributed by atoms with Gasteiger partial charge in [0.05, 0.1) is 18.0 Å². The minimum absolute atomic E-state index is 0.133. The first-order valence-corrected chi connectivity index (χ1v) is 5.96. The molecule has 0 fully saturated rings. The number of benzene rings is 1. The van der Waals surface area contributed by atoms with E-state index in [4.69, 9.17) is 5.73 Å². The van der Waals surface area contributed by atoms with Crippen molar-refractivity contribution in [3.63, 3.8) is 0 Å². The van der Waals surface area contributed by atoms with E-state index in [0.717, 1.165) is 12.8 Å². The molecule has 96 valence electrons. The molecule has 0 saturated heterocycles. The number of nitrogens with one attached hydrogen (secondary N) is 1. The van der Waals surface area contributed by atoms with E-state index in [2.05, 4.69) is 19.2 Å². The molecule has 0 atom stereocenters. The van der Waals surface area contributed by atoms with Crippen molar-refractivity contribution in [2.75, 3.05) is 24.2 Å². The second-order valence-corrected chi connectivity index (χ2v) is 4.45. The van der Waals surface area contributed by atoms with Crippen LogP contribution in [0.3, 0.4) is 0 Å². The molecule has 4 N–H and O–H groups in total. The Balaban J connectivity index is 2.72. The molecular weight excluding hydrogens is 219 g/mol. The lowest BCUT2D eigenvalue weighted by atomic mass is 9.83. The third kappa shape index (κ3) is 3.33. The van der Waals surface area contributed by atoms with Gasteiger partial charge in [-0.05, 0) is 31.0 Å². The Morgan fingerprint density at radius 3 is 2.47 bits per heavy atom. The van der Waals surface area contributed by atoms with Gasteiger partial charge >= 0.3 is 0 Å². The monoisotopic (exact) mass is 240 g/mol. The van der Waals surface area contributed by atoms with Crippen molar-refractivity contribution in [2.24, 2.45) is 5.41 Å². The molecular formula is C13H21FN2O. The van der Waals surface area contributed by atoms with E-state index in [-0.39, 0.29) is 17.8 Å². The van der Waals surface area contributed by atoms with Crippen LogP contribution in [0.2, 0.25) is 0 Å². The summed E-state index contributed by atoms with van der Waals surface area (Å²) in [5.74, 6) is -0.340. The van der Waals surface area contributed by atoms with Gasteiger partial charge in [-0.25, -0.2) is 4.39 Å². The maximum Gasteiger partial charge on any atom is 0.125 e. The van der Waals surface area contributed by atoms with E-state index in [1.54, 1.807) is 6.07 Å². The fourth-order valence-corrected chi connectivity index (χ4v) is 1.76. The molecule has 0 aliphatic heterocycles. The summed E-state index contributed by atoms with van der Waals surface area (Å²) in [6.45, 7) is 4.87. The average molecular weight is 240 g/mol. The zero-order valence-corrected chi connectivity index (χ0v) is 10.5. The molecule has 1 rings (SSSR count). The van der Waals surface area contributed by atoms with Crippen LogP contribution in [0.1, 0.15) is 26.7 Å². The Kier molecular flexibility index (Phi) is 4.75. The van der Waals surface area contributed by atoms with Crippen LogP contribution in [0.15, 0.2) is 18.2 Å². The van der Waals surface area contributed by atoms with E-state index in [1.807, 2.05) is 0 Å². The minimum Gasteiger partial charge on any atom is -0.397 e. The number of hydrogen-bond acceptors (Lipinski definition) is 3. The number of nitrogens with two attached hydrogens (primary N) is 1. The first-order valence-electron chi connectivity index (χ1n) is 5.96. The van der Waals surface area contributed by atoms with E-state index in [1.165, 1.54) is 12.1 Å². The molecule has 0 bridgehead atoms. The van der Waals surface area contributed by atoms with Crippen LogP contribution in [0.4, 0.5) is 15.8 Å². The van der Waals surface area contributed by atoms with Gasteiger partial charge in [-0.1, -0.05) is 13.8 Å². The van der Waals surface area contributed by atoms with E-state index >= 15 is 0 Å². The second-order valence-electron chi connectivity index (χ2n) is 4.45. The van der Waals surface area contributed by atoms with Gasteiger partial charge in [-0.3, -0.25) is 0 Å². The summed E-state index contributed by atoms with van der Waals surface area (Å²) >= 11 is 0. The third-order valence-corrected chi connectivity index (χ3v) is 3.50. The van der Waals surface area contributed by atoms with Crippen LogP contribution in [-0.4, -0.2) is 18.3 Å². The van der Waals surface area contributed by atoms with Gasteiger partial charge in [0.15, 0.2) is 0 Å². The van der Waals surface area contributed by atoms with Crippen molar-refractivity contribution in [3.05, 3.63) is 24.0 Å². The number of anilines is 2. The number of nitrogen functional groups attached to an aromatic ring is 1. The summed E-state index contributed by atoms with van der Waals surface area (Å²) in [6.07, 6.45) is 1.77.